The number of rotatable bonds is 4. The van der Waals surface area contributed by atoms with Crippen molar-refractivity contribution in [2.24, 2.45) is 4.40 Å². The molecule has 0 spiro atoms. The van der Waals surface area contributed by atoms with Crippen molar-refractivity contribution in [2.75, 3.05) is 24.2 Å². The second-order valence-corrected chi connectivity index (χ2v) is 8.40. The molecule has 28 heavy (non-hydrogen) atoms. The molecule has 0 aliphatic carbocycles. The number of nitrogens with one attached hydrogen (secondary N) is 1. The van der Waals surface area contributed by atoms with Crippen molar-refractivity contribution in [3.63, 3.8) is 0 Å². The van der Waals surface area contributed by atoms with Crippen molar-refractivity contribution in [3.05, 3.63) is 45.7 Å². The van der Waals surface area contributed by atoms with Crippen molar-refractivity contribution in [2.45, 2.75) is 6.92 Å². The topological polar surface area (TPSA) is 118 Å². The van der Waals surface area contributed by atoms with E-state index in [-0.39, 0.29) is 34.5 Å². The predicted molar refractivity (Wildman–Crippen MR) is 104 cm³/mol. The van der Waals surface area contributed by atoms with Crippen LogP contribution >= 0.6 is 23.2 Å². The second kappa shape index (κ2) is 7.90. The maximum Gasteiger partial charge on any atom is 0.340 e. The van der Waals surface area contributed by atoms with E-state index in [1.165, 1.54) is 29.4 Å². The van der Waals surface area contributed by atoms with Crippen LogP contribution in [0.1, 0.15) is 5.56 Å². The fourth-order valence-corrected chi connectivity index (χ4v) is 3.71. The molecule has 0 saturated heterocycles. The molecule has 9 nitrogen and oxygen atoms in total. The number of ether oxygens (including phenoxy) is 1. The van der Waals surface area contributed by atoms with E-state index in [1.54, 1.807) is 6.92 Å². The SMILES string of the molecule is Cc1c(Cl)cnc(NC(=O)COC(=O)C2=CN3CCS(=O)(=O)N=C3C=C2)c1Cl. The molecule has 1 amide bonds. The van der Waals surface area contributed by atoms with Crippen LogP contribution in [0, 0.1) is 6.92 Å². The van der Waals surface area contributed by atoms with E-state index < -0.39 is 28.5 Å². The van der Waals surface area contributed by atoms with Gasteiger partial charge in [0.2, 0.25) is 0 Å². The van der Waals surface area contributed by atoms with E-state index >= 15 is 0 Å². The Kier molecular flexibility index (Phi) is 5.73. The quantitative estimate of drug-likeness (QED) is 0.701. The standard InChI is InChI=1S/C16H14Cl2N4O5S/c1-9-11(17)6-19-15(14(9)18)20-13(23)8-27-16(24)10-2-3-12-21-28(25,26)5-4-22(12)7-10/h2-3,6-7H,4-5,8H2,1H3,(H,19,20,23). The van der Waals surface area contributed by atoms with Crippen LogP contribution < -0.4 is 5.32 Å². The van der Waals surface area contributed by atoms with Crippen LogP contribution in [0.3, 0.4) is 0 Å². The smallest absolute Gasteiger partial charge is 0.340 e. The Morgan fingerprint density at radius 1 is 1.32 bits per heavy atom. The lowest BCUT2D eigenvalue weighted by Crippen LogP contribution is -2.37. The Morgan fingerprint density at radius 3 is 2.82 bits per heavy atom. The molecule has 2 aliphatic rings. The number of amidine groups is 1. The summed E-state index contributed by atoms with van der Waals surface area (Å²) in [5.74, 6) is -1.20. The zero-order valence-corrected chi connectivity index (χ0v) is 16.8. The van der Waals surface area contributed by atoms with Gasteiger partial charge in [-0.3, -0.25) is 4.79 Å². The van der Waals surface area contributed by atoms with Crippen LogP contribution in [-0.2, 0) is 24.3 Å². The minimum absolute atomic E-state index is 0.108. The van der Waals surface area contributed by atoms with Gasteiger partial charge < -0.3 is 15.0 Å². The van der Waals surface area contributed by atoms with E-state index in [1.807, 2.05) is 0 Å². The molecular weight excluding hydrogens is 431 g/mol. The predicted octanol–water partition coefficient (Wildman–Crippen LogP) is 1.68. The molecule has 0 fully saturated rings. The Morgan fingerprint density at radius 2 is 2.07 bits per heavy atom. The van der Waals surface area contributed by atoms with E-state index in [0.717, 1.165) is 0 Å². The van der Waals surface area contributed by atoms with Crippen LogP contribution in [0.15, 0.2) is 34.5 Å². The first kappa shape index (κ1) is 20.3. The summed E-state index contributed by atoms with van der Waals surface area (Å²) in [7, 11) is -3.48. The molecule has 3 heterocycles. The van der Waals surface area contributed by atoms with Gasteiger partial charge in [0.15, 0.2) is 12.4 Å². The van der Waals surface area contributed by atoms with E-state index in [4.69, 9.17) is 27.9 Å². The first-order valence-electron chi connectivity index (χ1n) is 7.93. The summed E-state index contributed by atoms with van der Waals surface area (Å²) < 4.78 is 31.6. The van der Waals surface area contributed by atoms with Gasteiger partial charge in [-0.25, -0.2) is 18.2 Å². The number of pyridine rings is 1. The second-order valence-electron chi connectivity index (χ2n) is 5.86. The fourth-order valence-electron chi connectivity index (χ4n) is 2.35. The lowest BCUT2D eigenvalue weighted by molar-refractivity contribution is -0.143. The molecule has 148 valence electrons. The van der Waals surface area contributed by atoms with Crippen molar-refractivity contribution in [3.8, 4) is 0 Å². The molecule has 0 atom stereocenters. The van der Waals surface area contributed by atoms with Crippen LogP contribution in [0.2, 0.25) is 10.0 Å². The number of anilines is 1. The summed E-state index contributed by atoms with van der Waals surface area (Å²) in [5, 5.41) is 2.99. The molecule has 1 N–H and O–H groups in total. The largest absolute Gasteiger partial charge is 0.452 e. The molecule has 0 radical (unpaired) electrons. The van der Waals surface area contributed by atoms with Crippen LogP contribution in [-0.4, -0.2) is 54.9 Å². The number of esters is 1. The molecule has 0 bridgehead atoms. The number of sulfonamides is 1. The van der Waals surface area contributed by atoms with Crippen molar-refractivity contribution >= 4 is 56.8 Å². The highest BCUT2D eigenvalue weighted by Crippen LogP contribution is 2.28. The summed E-state index contributed by atoms with van der Waals surface area (Å²) in [6.45, 7) is 1.29. The molecular formula is C16H14Cl2N4O5S. The zero-order chi connectivity index (χ0) is 20.5. The van der Waals surface area contributed by atoms with Gasteiger partial charge in [0.25, 0.3) is 15.9 Å². The molecule has 3 rings (SSSR count). The van der Waals surface area contributed by atoms with Crippen LogP contribution in [0.4, 0.5) is 5.82 Å². The third-order valence-corrected chi connectivity index (χ3v) is 5.86. The highest BCUT2D eigenvalue weighted by Gasteiger charge is 2.25. The van der Waals surface area contributed by atoms with Crippen LogP contribution in [0.25, 0.3) is 0 Å². The number of amides is 1. The Balaban J connectivity index is 1.59. The van der Waals surface area contributed by atoms with Gasteiger partial charge in [0.1, 0.15) is 5.84 Å². The van der Waals surface area contributed by atoms with Gasteiger partial charge in [-0.05, 0) is 24.6 Å². The summed E-state index contributed by atoms with van der Waals surface area (Å²) in [5.41, 5.74) is 0.716. The van der Waals surface area contributed by atoms with Gasteiger partial charge in [0, 0.05) is 18.9 Å². The number of nitrogens with zero attached hydrogens (tertiary/aromatic N) is 3. The van der Waals surface area contributed by atoms with Crippen molar-refractivity contribution < 1.29 is 22.7 Å². The van der Waals surface area contributed by atoms with Gasteiger partial charge in [-0.15, -0.1) is 4.40 Å². The average Bonchev–Trinajstić information content (AvgIpc) is 2.65. The number of fused-ring (bicyclic) bond motifs is 1. The number of halogens is 2. The average molecular weight is 445 g/mol. The first-order valence-corrected chi connectivity index (χ1v) is 10.3. The number of aromatic nitrogens is 1. The molecule has 0 aromatic carbocycles. The number of hydrogen-bond acceptors (Lipinski definition) is 7. The van der Waals surface area contributed by atoms with E-state index in [2.05, 4.69) is 14.7 Å². The highest BCUT2D eigenvalue weighted by atomic mass is 35.5. The van der Waals surface area contributed by atoms with E-state index in [9.17, 15) is 18.0 Å². The highest BCUT2D eigenvalue weighted by molar-refractivity contribution is 7.90. The summed E-state index contributed by atoms with van der Waals surface area (Å²) >= 11 is 12.0. The van der Waals surface area contributed by atoms with Gasteiger partial charge >= 0.3 is 5.97 Å². The third-order valence-electron chi connectivity index (χ3n) is 3.85. The zero-order valence-electron chi connectivity index (χ0n) is 14.5. The molecule has 0 saturated carbocycles. The number of carbonyl (C=O) groups is 2. The minimum Gasteiger partial charge on any atom is -0.452 e. The first-order chi connectivity index (χ1) is 13.2. The lowest BCUT2D eigenvalue weighted by Gasteiger charge is -2.26. The number of hydrogen-bond donors (Lipinski definition) is 1. The molecule has 12 heteroatoms. The molecule has 2 aliphatic heterocycles. The molecule has 1 aromatic rings. The van der Waals surface area contributed by atoms with Gasteiger partial charge in [0.05, 0.1) is 21.4 Å². The number of carbonyl (C=O) groups excluding carboxylic acids is 2. The molecule has 0 unspecified atom stereocenters. The Labute approximate surface area is 170 Å². The van der Waals surface area contributed by atoms with Crippen molar-refractivity contribution in [1.82, 2.24) is 9.88 Å². The molecule has 1 aromatic heterocycles. The summed E-state index contributed by atoms with van der Waals surface area (Å²) in [6, 6.07) is 0. The third kappa shape index (κ3) is 4.51. The summed E-state index contributed by atoms with van der Waals surface area (Å²) in [6.07, 6.45) is 5.54. The maximum absolute atomic E-state index is 12.2. The fraction of sp³-hybridized carbons (Fsp3) is 0.250. The van der Waals surface area contributed by atoms with Crippen molar-refractivity contribution in [1.29, 1.82) is 0 Å². The summed E-state index contributed by atoms with van der Waals surface area (Å²) in [4.78, 5) is 29.6. The normalized spacial score (nSPS) is 17.3. The van der Waals surface area contributed by atoms with Gasteiger partial charge in [-0.2, -0.15) is 0 Å². The van der Waals surface area contributed by atoms with Crippen LogP contribution in [0.5, 0.6) is 0 Å². The Hall–Kier alpha value is -2.43. The Bertz CT molecular complexity index is 1050. The minimum atomic E-state index is -3.48. The van der Waals surface area contributed by atoms with Gasteiger partial charge in [-0.1, -0.05) is 23.2 Å². The van der Waals surface area contributed by atoms with E-state index in [0.29, 0.717) is 10.6 Å². The maximum atomic E-state index is 12.2. The lowest BCUT2D eigenvalue weighted by atomic mass is 10.2. The monoisotopic (exact) mass is 444 g/mol.